The van der Waals surface area contributed by atoms with Gasteiger partial charge in [0, 0.05) is 13.5 Å². The van der Waals surface area contributed by atoms with Crippen LogP contribution in [-0.4, -0.2) is 24.6 Å². The highest BCUT2D eigenvalue weighted by atomic mass is 16.5. The lowest BCUT2D eigenvalue weighted by atomic mass is 10.1. The van der Waals surface area contributed by atoms with Crippen molar-refractivity contribution in [2.75, 3.05) is 11.9 Å². The van der Waals surface area contributed by atoms with E-state index < -0.39 is 18.5 Å². The third kappa shape index (κ3) is 2.80. The largest absolute Gasteiger partial charge is 0.466 e. The maximum absolute atomic E-state index is 11.8. The fourth-order valence-corrected chi connectivity index (χ4v) is 1.80. The van der Waals surface area contributed by atoms with Gasteiger partial charge in [-0.3, -0.25) is 9.59 Å². The van der Waals surface area contributed by atoms with Crippen molar-refractivity contribution in [1.82, 2.24) is 5.32 Å². The third-order valence-corrected chi connectivity index (χ3v) is 2.61. The Morgan fingerprint density at radius 3 is 3.00 bits per heavy atom. The molecule has 1 heterocycles. The van der Waals surface area contributed by atoms with Gasteiger partial charge in [0.2, 0.25) is 0 Å². The summed E-state index contributed by atoms with van der Waals surface area (Å²) in [5.74, 6) is -0.771. The fourth-order valence-electron chi connectivity index (χ4n) is 1.80. The smallest absolute Gasteiger partial charge is 0.305 e. The molecular formula is C13H16N2O3. The number of nitrogens with one attached hydrogen (secondary N) is 2. The van der Waals surface area contributed by atoms with Crippen molar-refractivity contribution >= 4 is 17.6 Å². The van der Waals surface area contributed by atoms with E-state index >= 15 is 0 Å². The summed E-state index contributed by atoms with van der Waals surface area (Å²) in [5.41, 5.74) is 1.28. The number of hydrogen-bond donors (Lipinski definition) is 2. The van der Waals surface area contributed by atoms with Gasteiger partial charge in [-0.1, -0.05) is 12.1 Å². The Hall–Kier alpha value is -2.04. The molecular weight excluding hydrogens is 232 g/mol. The van der Waals surface area contributed by atoms with Crippen LogP contribution in [0.4, 0.5) is 5.69 Å². The number of rotatable bonds is 4. The number of benzene rings is 1. The zero-order valence-electron chi connectivity index (χ0n) is 11.1. The van der Waals surface area contributed by atoms with Crippen molar-refractivity contribution in [3.05, 3.63) is 29.8 Å². The van der Waals surface area contributed by atoms with Gasteiger partial charge in [0.25, 0.3) is 5.91 Å². The van der Waals surface area contributed by atoms with E-state index in [0.29, 0.717) is 11.3 Å². The molecule has 0 spiro atoms. The van der Waals surface area contributed by atoms with Gasteiger partial charge in [-0.25, -0.2) is 0 Å². The molecule has 0 aliphatic carbocycles. The molecule has 1 amide bonds. The minimum Gasteiger partial charge on any atom is -0.466 e. The topological polar surface area (TPSA) is 67.4 Å². The average molecular weight is 249 g/mol. The minimum absolute atomic E-state index is 0.166. The summed E-state index contributed by atoms with van der Waals surface area (Å²) in [6.45, 7) is 1.95. The van der Waals surface area contributed by atoms with Crippen molar-refractivity contribution in [1.29, 1.82) is 0 Å². The lowest BCUT2D eigenvalue weighted by Crippen LogP contribution is -2.45. The number of fused-ring (bicyclic) bond motifs is 1. The average Bonchev–Trinajstić information content (AvgIpc) is 2.39. The quantitative estimate of drug-likeness (QED) is 0.794. The normalized spacial score (nSPS) is 19.9. The maximum Gasteiger partial charge on any atom is 0.305 e. The first-order valence-corrected chi connectivity index (χ1v) is 5.87. The molecule has 0 radical (unpaired) electrons. The second kappa shape index (κ2) is 5.53. The summed E-state index contributed by atoms with van der Waals surface area (Å²) in [6, 6.07) is 7.12. The summed E-state index contributed by atoms with van der Waals surface area (Å²) < 4.78 is 12.5. The third-order valence-electron chi connectivity index (χ3n) is 2.61. The maximum atomic E-state index is 11.8. The van der Waals surface area contributed by atoms with E-state index in [1.54, 1.807) is 25.1 Å². The molecule has 1 aromatic rings. The first-order chi connectivity index (χ1) is 9.11. The molecule has 1 aliphatic rings. The Labute approximate surface area is 107 Å². The molecule has 0 aromatic heterocycles. The number of carbonyl (C=O) groups excluding carboxylic acids is 2. The molecule has 5 nitrogen and oxygen atoms in total. The van der Waals surface area contributed by atoms with Crippen LogP contribution in [0.5, 0.6) is 0 Å². The minimum atomic E-state index is -1.01. The van der Waals surface area contributed by atoms with E-state index in [2.05, 4.69) is 10.6 Å². The second-order valence-electron chi connectivity index (χ2n) is 3.91. The number of ether oxygens (including phenoxy) is 1. The lowest BCUT2D eigenvalue weighted by Gasteiger charge is -2.27. The molecule has 2 unspecified atom stereocenters. The molecule has 1 aromatic carbocycles. The summed E-state index contributed by atoms with van der Waals surface area (Å²) in [5, 5.41) is 5.82. The van der Waals surface area contributed by atoms with Crippen LogP contribution in [0.3, 0.4) is 0 Å². The highest BCUT2D eigenvalue weighted by molar-refractivity contribution is 6.01. The van der Waals surface area contributed by atoms with E-state index in [9.17, 15) is 9.59 Å². The van der Waals surface area contributed by atoms with Crippen molar-refractivity contribution in [2.24, 2.45) is 0 Å². The first kappa shape index (κ1) is 11.1. The number of esters is 1. The van der Waals surface area contributed by atoms with Crippen molar-refractivity contribution in [3.8, 4) is 0 Å². The molecule has 0 fully saturated rings. The fraction of sp³-hybridized carbons (Fsp3) is 0.385. The van der Waals surface area contributed by atoms with E-state index in [4.69, 9.17) is 6.11 Å². The summed E-state index contributed by atoms with van der Waals surface area (Å²) >= 11 is 0. The Morgan fingerprint density at radius 1 is 1.44 bits per heavy atom. The molecule has 0 saturated carbocycles. The van der Waals surface area contributed by atoms with Crippen LogP contribution in [0.15, 0.2) is 24.3 Å². The number of carbonyl (C=O) groups is 2. The Bertz CT molecular complexity index is 493. The molecule has 18 heavy (non-hydrogen) atoms. The molecule has 0 bridgehead atoms. The highest BCUT2D eigenvalue weighted by Gasteiger charge is 2.23. The van der Waals surface area contributed by atoms with Crippen LogP contribution < -0.4 is 10.6 Å². The van der Waals surface area contributed by atoms with Crippen LogP contribution in [0, 0.1) is 0 Å². The summed E-state index contributed by atoms with van der Waals surface area (Å²) in [4.78, 5) is 23.2. The van der Waals surface area contributed by atoms with Crippen molar-refractivity contribution in [2.45, 2.75) is 25.9 Å². The molecule has 2 N–H and O–H groups in total. The summed E-state index contributed by atoms with van der Waals surface area (Å²) in [7, 11) is 0. The van der Waals surface area contributed by atoms with E-state index in [-0.39, 0.29) is 18.9 Å². The van der Waals surface area contributed by atoms with Crippen LogP contribution in [0.25, 0.3) is 0 Å². The van der Waals surface area contributed by atoms with Gasteiger partial charge in [-0.15, -0.1) is 0 Å². The van der Waals surface area contributed by atoms with E-state index in [1.165, 1.54) is 0 Å². The monoisotopic (exact) mass is 249 g/mol. The Morgan fingerprint density at radius 2 is 2.22 bits per heavy atom. The SMILES string of the molecule is [2H]C(CC1NC(=O)c2ccccc2N1)C(=O)OCC. The number of hydrogen-bond acceptors (Lipinski definition) is 4. The van der Waals surface area contributed by atoms with Crippen LogP contribution in [0.2, 0.25) is 0 Å². The molecule has 2 atom stereocenters. The van der Waals surface area contributed by atoms with Crippen molar-refractivity contribution < 1.29 is 15.7 Å². The first-order valence-electron chi connectivity index (χ1n) is 6.45. The number of para-hydroxylation sites is 1. The molecule has 96 valence electrons. The van der Waals surface area contributed by atoms with Gasteiger partial charge in [0.05, 0.1) is 18.3 Å². The molecule has 1 aliphatic heterocycles. The zero-order valence-corrected chi connectivity index (χ0v) is 10.1. The molecule has 5 heteroatoms. The van der Waals surface area contributed by atoms with Gasteiger partial charge in [-0.05, 0) is 25.5 Å². The predicted octanol–water partition coefficient (Wildman–Crippen LogP) is 1.51. The van der Waals surface area contributed by atoms with Gasteiger partial charge in [0.15, 0.2) is 0 Å². The van der Waals surface area contributed by atoms with Gasteiger partial charge in [0.1, 0.15) is 0 Å². The van der Waals surface area contributed by atoms with E-state index in [1.807, 2.05) is 6.07 Å². The van der Waals surface area contributed by atoms with Crippen molar-refractivity contribution in [3.63, 3.8) is 0 Å². The van der Waals surface area contributed by atoms with E-state index in [0.717, 1.165) is 0 Å². The molecule has 2 rings (SSSR count). The standard InChI is InChI=1S/C13H16N2O3/c1-2-18-12(16)8-7-11-14-10-6-4-3-5-9(10)13(17)15-11/h3-6,11,14H,2,7-8H2,1H3,(H,15,17)/i8D. The Balaban J connectivity index is 2.01. The zero-order chi connectivity index (χ0) is 13.8. The lowest BCUT2D eigenvalue weighted by molar-refractivity contribution is -0.143. The van der Waals surface area contributed by atoms with Gasteiger partial charge in [-0.2, -0.15) is 0 Å². The number of anilines is 1. The van der Waals surface area contributed by atoms with Crippen LogP contribution in [0.1, 0.15) is 31.5 Å². The van der Waals surface area contributed by atoms with Gasteiger partial charge < -0.3 is 15.4 Å². The van der Waals surface area contributed by atoms with Crippen LogP contribution in [-0.2, 0) is 9.53 Å². The summed E-state index contributed by atoms with van der Waals surface area (Å²) in [6.07, 6.45) is -1.28. The predicted molar refractivity (Wildman–Crippen MR) is 67.2 cm³/mol. The number of amides is 1. The van der Waals surface area contributed by atoms with Crippen LogP contribution >= 0.6 is 0 Å². The Kier molecular flexibility index (Phi) is 3.40. The molecule has 0 saturated heterocycles. The second-order valence-corrected chi connectivity index (χ2v) is 3.91. The van der Waals surface area contributed by atoms with Gasteiger partial charge >= 0.3 is 5.97 Å². The highest BCUT2D eigenvalue weighted by Crippen LogP contribution is 2.20.